The van der Waals surface area contributed by atoms with Crippen molar-refractivity contribution in [2.45, 2.75) is 90.6 Å². The second-order valence-corrected chi connectivity index (χ2v) is 8.86. The second kappa shape index (κ2) is 12.0. The van der Waals surface area contributed by atoms with Gasteiger partial charge in [0, 0.05) is 6.54 Å². The summed E-state index contributed by atoms with van der Waals surface area (Å²) in [5, 5.41) is 23.8. The number of rotatable bonds is 11. The molecule has 0 aromatic rings. The number of likely N-dealkylation sites (tertiary alicyclic amines) is 1. The van der Waals surface area contributed by atoms with Crippen LogP contribution < -0.4 is 16.4 Å². The molecular formula is C21H38N4O6. The van der Waals surface area contributed by atoms with Crippen molar-refractivity contribution in [1.82, 2.24) is 15.5 Å². The molecule has 1 fully saturated rings. The van der Waals surface area contributed by atoms with E-state index in [4.69, 9.17) is 5.73 Å². The van der Waals surface area contributed by atoms with E-state index in [1.807, 2.05) is 20.8 Å². The van der Waals surface area contributed by atoms with Crippen molar-refractivity contribution in [3.05, 3.63) is 0 Å². The quantitative estimate of drug-likeness (QED) is 0.297. The van der Waals surface area contributed by atoms with Crippen LogP contribution in [0.25, 0.3) is 0 Å². The summed E-state index contributed by atoms with van der Waals surface area (Å²) < 4.78 is 0. The fraction of sp³-hybridized carbons (Fsp3) is 0.810. The Hall–Kier alpha value is -2.20. The van der Waals surface area contributed by atoms with Crippen molar-refractivity contribution in [3.8, 4) is 0 Å². The normalized spacial score (nSPS) is 21.2. The number of nitrogens with two attached hydrogens (primary N) is 1. The predicted molar refractivity (Wildman–Crippen MR) is 115 cm³/mol. The molecule has 6 atom stereocenters. The second-order valence-electron chi connectivity index (χ2n) is 8.86. The average molecular weight is 443 g/mol. The van der Waals surface area contributed by atoms with E-state index in [9.17, 15) is 29.4 Å². The van der Waals surface area contributed by atoms with E-state index >= 15 is 0 Å². The molecule has 0 bridgehead atoms. The number of carboxylic acid groups (broad SMARTS) is 1. The highest BCUT2D eigenvalue weighted by molar-refractivity contribution is 5.94. The molecule has 0 saturated carbocycles. The summed E-state index contributed by atoms with van der Waals surface area (Å²) in [6.45, 7) is 9.22. The number of aliphatic hydroxyl groups excluding tert-OH is 1. The van der Waals surface area contributed by atoms with Crippen LogP contribution in [0.4, 0.5) is 0 Å². The van der Waals surface area contributed by atoms with Crippen LogP contribution >= 0.6 is 0 Å². The van der Waals surface area contributed by atoms with Gasteiger partial charge in [-0.3, -0.25) is 14.4 Å². The molecule has 0 aromatic carbocycles. The molecule has 0 radical (unpaired) electrons. The first-order valence-corrected chi connectivity index (χ1v) is 11.0. The van der Waals surface area contributed by atoms with Gasteiger partial charge in [-0.15, -0.1) is 0 Å². The molecule has 6 unspecified atom stereocenters. The Kier molecular flexibility index (Phi) is 10.4. The molecule has 1 aliphatic rings. The molecular weight excluding hydrogens is 404 g/mol. The van der Waals surface area contributed by atoms with Crippen molar-refractivity contribution >= 4 is 23.7 Å². The molecule has 0 aliphatic carbocycles. The number of nitrogens with one attached hydrogen (secondary N) is 2. The third-order valence-electron chi connectivity index (χ3n) is 5.72. The summed E-state index contributed by atoms with van der Waals surface area (Å²) in [6, 6.07) is -3.91. The Morgan fingerprint density at radius 3 is 2.19 bits per heavy atom. The number of carbonyl (C=O) groups excluding carboxylic acids is 3. The minimum atomic E-state index is -1.49. The number of hydrogen-bond donors (Lipinski definition) is 5. The van der Waals surface area contributed by atoms with Gasteiger partial charge in [-0.05, 0) is 38.0 Å². The number of aliphatic carboxylic acids is 1. The Labute approximate surface area is 183 Å². The first-order chi connectivity index (χ1) is 14.4. The highest BCUT2D eigenvalue weighted by atomic mass is 16.4. The number of carbonyl (C=O) groups is 4. The Morgan fingerprint density at radius 2 is 1.71 bits per heavy atom. The van der Waals surface area contributed by atoms with Crippen LogP contribution in [0.3, 0.4) is 0 Å². The lowest BCUT2D eigenvalue weighted by molar-refractivity contribution is -0.146. The van der Waals surface area contributed by atoms with Crippen LogP contribution in [0, 0.1) is 11.8 Å². The third-order valence-corrected chi connectivity index (χ3v) is 5.72. The average Bonchev–Trinajstić information content (AvgIpc) is 3.17. The van der Waals surface area contributed by atoms with Crippen molar-refractivity contribution in [3.63, 3.8) is 0 Å². The Morgan fingerprint density at radius 1 is 1.10 bits per heavy atom. The minimum Gasteiger partial charge on any atom is -0.480 e. The van der Waals surface area contributed by atoms with Crippen LogP contribution in [0.1, 0.15) is 60.3 Å². The maximum atomic E-state index is 13.0. The van der Waals surface area contributed by atoms with Gasteiger partial charge in [0.25, 0.3) is 0 Å². The summed E-state index contributed by atoms with van der Waals surface area (Å²) in [5.74, 6) is -2.86. The van der Waals surface area contributed by atoms with Gasteiger partial charge in [-0.25, -0.2) is 4.79 Å². The molecule has 31 heavy (non-hydrogen) atoms. The van der Waals surface area contributed by atoms with Crippen molar-refractivity contribution in [2.75, 3.05) is 6.54 Å². The van der Waals surface area contributed by atoms with E-state index in [-0.39, 0.29) is 17.7 Å². The van der Waals surface area contributed by atoms with Crippen molar-refractivity contribution in [1.29, 1.82) is 0 Å². The molecule has 1 rings (SSSR count). The number of carboxylic acids is 1. The number of hydrogen-bond acceptors (Lipinski definition) is 6. The summed E-state index contributed by atoms with van der Waals surface area (Å²) in [6.07, 6.45) is 0.878. The van der Waals surface area contributed by atoms with Crippen LogP contribution in [0.15, 0.2) is 0 Å². The largest absolute Gasteiger partial charge is 0.480 e. The van der Waals surface area contributed by atoms with Crippen LogP contribution in [-0.4, -0.2) is 75.6 Å². The van der Waals surface area contributed by atoms with E-state index in [2.05, 4.69) is 10.6 Å². The standard InChI is InChI=1S/C21H38N4O6/c1-6-12(4)16(19(28)24-17(13(5)26)21(30)31)23-18(27)15-8-7-9-25(15)20(29)14(22)10-11(2)3/h11-17,26H,6-10,22H2,1-5H3,(H,23,27)(H,24,28)(H,30,31). The highest BCUT2D eigenvalue weighted by Crippen LogP contribution is 2.21. The zero-order valence-corrected chi connectivity index (χ0v) is 19.1. The fourth-order valence-electron chi connectivity index (χ4n) is 3.71. The maximum absolute atomic E-state index is 13.0. The molecule has 3 amide bonds. The molecule has 1 aliphatic heterocycles. The summed E-state index contributed by atoms with van der Waals surface area (Å²) in [7, 11) is 0. The maximum Gasteiger partial charge on any atom is 0.328 e. The summed E-state index contributed by atoms with van der Waals surface area (Å²) in [4.78, 5) is 51.3. The molecule has 1 heterocycles. The minimum absolute atomic E-state index is 0.239. The SMILES string of the molecule is CCC(C)C(NC(=O)C1CCCN1C(=O)C(N)CC(C)C)C(=O)NC(C(=O)O)C(C)O. The van der Waals surface area contributed by atoms with Crippen LogP contribution in [-0.2, 0) is 19.2 Å². The van der Waals surface area contributed by atoms with Gasteiger partial charge in [0.1, 0.15) is 12.1 Å². The lowest BCUT2D eigenvalue weighted by atomic mass is 9.97. The molecule has 6 N–H and O–H groups in total. The van der Waals surface area contributed by atoms with Gasteiger partial charge in [0.05, 0.1) is 12.1 Å². The summed E-state index contributed by atoms with van der Waals surface area (Å²) in [5.41, 5.74) is 6.02. The molecule has 178 valence electrons. The van der Waals surface area contributed by atoms with Crippen molar-refractivity contribution in [2.24, 2.45) is 17.6 Å². The van der Waals surface area contributed by atoms with E-state index in [0.717, 1.165) is 0 Å². The number of amides is 3. The Balaban J connectivity index is 2.94. The van der Waals surface area contributed by atoms with E-state index in [0.29, 0.717) is 32.2 Å². The molecule has 1 saturated heterocycles. The zero-order valence-electron chi connectivity index (χ0n) is 19.1. The van der Waals surface area contributed by atoms with Gasteiger partial charge in [0.2, 0.25) is 17.7 Å². The smallest absolute Gasteiger partial charge is 0.328 e. The summed E-state index contributed by atoms with van der Waals surface area (Å²) >= 11 is 0. The van der Waals surface area contributed by atoms with Crippen molar-refractivity contribution < 1.29 is 29.4 Å². The molecule has 10 heteroatoms. The first kappa shape index (κ1) is 26.8. The molecule has 0 spiro atoms. The first-order valence-electron chi connectivity index (χ1n) is 11.0. The third kappa shape index (κ3) is 7.46. The van der Waals surface area contributed by atoms with Gasteiger partial charge in [0.15, 0.2) is 6.04 Å². The van der Waals surface area contributed by atoms with Gasteiger partial charge < -0.3 is 31.5 Å². The monoisotopic (exact) mass is 442 g/mol. The lowest BCUT2D eigenvalue weighted by Gasteiger charge is -2.30. The van der Waals surface area contributed by atoms with Crippen LogP contribution in [0.5, 0.6) is 0 Å². The number of nitrogens with zero attached hydrogens (tertiary/aromatic N) is 1. The lowest BCUT2D eigenvalue weighted by Crippen LogP contribution is -2.59. The van der Waals surface area contributed by atoms with E-state index in [1.54, 1.807) is 6.92 Å². The zero-order chi connectivity index (χ0) is 23.9. The van der Waals surface area contributed by atoms with E-state index < -0.39 is 48.1 Å². The van der Waals surface area contributed by atoms with Crippen LogP contribution in [0.2, 0.25) is 0 Å². The molecule has 0 aromatic heterocycles. The fourth-order valence-corrected chi connectivity index (χ4v) is 3.71. The van der Waals surface area contributed by atoms with Gasteiger partial charge in [-0.1, -0.05) is 34.1 Å². The highest BCUT2D eigenvalue weighted by Gasteiger charge is 2.39. The van der Waals surface area contributed by atoms with Gasteiger partial charge >= 0.3 is 5.97 Å². The predicted octanol–water partition coefficient (Wildman–Crippen LogP) is -0.168. The Bertz CT molecular complexity index is 654. The molecule has 10 nitrogen and oxygen atoms in total. The van der Waals surface area contributed by atoms with E-state index in [1.165, 1.54) is 11.8 Å². The van der Waals surface area contributed by atoms with Gasteiger partial charge in [-0.2, -0.15) is 0 Å². The number of aliphatic hydroxyl groups is 1. The topological polar surface area (TPSA) is 162 Å².